The number of thioether (sulfide) groups is 1. The average Bonchev–Trinajstić information content (AvgIpc) is 3.14. The van der Waals surface area contributed by atoms with Crippen LogP contribution in [-0.4, -0.2) is 24.8 Å². The van der Waals surface area contributed by atoms with Gasteiger partial charge in [-0.25, -0.2) is 4.99 Å². The Balaban J connectivity index is 1.64. The molecule has 1 amide bonds. The molecule has 0 bridgehead atoms. The SMILES string of the molecule is CCCCOc1ccc(/C=C2\SC(=Nc3cc(C)ccc3OC)NC2=O)c2ccccc12. The largest absolute Gasteiger partial charge is 0.494 e. The maximum absolute atomic E-state index is 12.6. The molecule has 0 aliphatic carbocycles. The topological polar surface area (TPSA) is 59.9 Å². The Labute approximate surface area is 192 Å². The Morgan fingerprint density at radius 3 is 2.62 bits per heavy atom. The van der Waals surface area contributed by atoms with Crippen molar-refractivity contribution in [3.63, 3.8) is 0 Å². The lowest BCUT2D eigenvalue weighted by molar-refractivity contribution is -0.115. The van der Waals surface area contributed by atoms with Crippen LogP contribution in [0.2, 0.25) is 0 Å². The van der Waals surface area contributed by atoms with Gasteiger partial charge in [-0.15, -0.1) is 0 Å². The molecule has 4 rings (SSSR count). The van der Waals surface area contributed by atoms with Crippen molar-refractivity contribution in [1.82, 2.24) is 5.32 Å². The highest BCUT2D eigenvalue weighted by Gasteiger charge is 2.24. The first-order valence-corrected chi connectivity index (χ1v) is 11.5. The van der Waals surface area contributed by atoms with Crippen molar-refractivity contribution in [3.8, 4) is 11.5 Å². The van der Waals surface area contributed by atoms with Crippen molar-refractivity contribution < 1.29 is 14.3 Å². The molecule has 1 aliphatic rings. The standard InChI is InChI=1S/C26H26N2O3S/c1-4-5-14-31-22-13-11-18(19-8-6-7-9-20(19)22)16-24-25(29)28-26(32-24)27-21-15-17(2)10-12-23(21)30-3/h6-13,15-16H,4-5,14H2,1-3H3,(H,27,28,29)/b24-16-. The Hall–Kier alpha value is -3.25. The van der Waals surface area contributed by atoms with E-state index < -0.39 is 0 Å². The van der Waals surface area contributed by atoms with Crippen molar-refractivity contribution in [1.29, 1.82) is 0 Å². The Morgan fingerprint density at radius 2 is 1.84 bits per heavy atom. The molecule has 6 heteroatoms. The highest BCUT2D eigenvalue weighted by molar-refractivity contribution is 8.18. The summed E-state index contributed by atoms with van der Waals surface area (Å²) < 4.78 is 11.4. The van der Waals surface area contributed by atoms with Crippen LogP contribution >= 0.6 is 11.8 Å². The van der Waals surface area contributed by atoms with Crippen molar-refractivity contribution in [2.24, 2.45) is 4.99 Å². The summed E-state index contributed by atoms with van der Waals surface area (Å²) in [5.74, 6) is 1.38. The number of ether oxygens (including phenoxy) is 2. The second-order valence-corrected chi connectivity index (χ2v) is 8.59. The van der Waals surface area contributed by atoms with E-state index >= 15 is 0 Å². The predicted octanol–water partition coefficient (Wildman–Crippen LogP) is 6.23. The number of benzene rings is 3. The van der Waals surface area contributed by atoms with Gasteiger partial charge in [-0.05, 0) is 65.9 Å². The number of nitrogens with zero attached hydrogens (tertiary/aromatic N) is 1. The lowest BCUT2D eigenvalue weighted by atomic mass is 10.0. The second kappa shape index (κ2) is 9.92. The van der Waals surface area contributed by atoms with Crippen molar-refractivity contribution in [2.45, 2.75) is 26.7 Å². The van der Waals surface area contributed by atoms with Crippen LogP contribution in [0.3, 0.4) is 0 Å². The highest BCUT2D eigenvalue weighted by atomic mass is 32.2. The number of fused-ring (bicyclic) bond motifs is 1. The van der Waals surface area contributed by atoms with Crippen LogP contribution in [0.1, 0.15) is 30.9 Å². The molecule has 1 saturated heterocycles. The smallest absolute Gasteiger partial charge is 0.264 e. The van der Waals surface area contributed by atoms with E-state index in [4.69, 9.17) is 9.47 Å². The van der Waals surface area contributed by atoms with E-state index in [2.05, 4.69) is 29.4 Å². The number of amidine groups is 1. The fourth-order valence-corrected chi connectivity index (χ4v) is 4.32. The third-order valence-corrected chi connectivity index (χ3v) is 6.08. The van der Waals surface area contributed by atoms with Gasteiger partial charge in [0.15, 0.2) is 5.17 Å². The Morgan fingerprint density at radius 1 is 1.06 bits per heavy atom. The molecular formula is C26H26N2O3S. The molecule has 0 saturated carbocycles. The molecule has 1 heterocycles. The average molecular weight is 447 g/mol. The molecule has 3 aromatic rings. The maximum atomic E-state index is 12.6. The predicted molar refractivity (Wildman–Crippen MR) is 133 cm³/mol. The second-order valence-electron chi connectivity index (χ2n) is 7.56. The molecule has 0 aromatic heterocycles. The Kier molecular flexibility index (Phi) is 6.81. The molecular weight excluding hydrogens is 420 g/mol. The van der Waals surface area contributed by atoms with Crippen LogP contribution in [0, 0.1) is 6.92 Å². The molecule has 5 nitrogen and oxygen atoms in total. The number of carbonyl (C=O) groups is 1. The number of methoxy groups -OCH3 is 1. The Bertz CT molecular complexity index is 1220. The number of hydrogen-bond acceptors (Lipinski definition) is 5. The number of hydrogen-bond donors (Lipinski definition) is 1. The molecule has 32 heavy (non-hydrogen) atoms. The van der Waals surface area contributed by atoms with Gasteiger partial charge in [0.05, 0.1) is 18.6 Å². The van der Waals surface area contributed by atoms with Gasteiger partial charge in [0.1, 0.15) is 17.2 Å². The first-order valence-electron chi connectivity index (χ1n) is 10.7. The summed E-state index contributed by atoms with van der Waals surface area (Å²) in [5.41, 5.74) is 2.73. The van der Waals surface area contributed by atoms with Crippen molar-refractivity contribution in [3.05, 3.63) is 70.6 Å². The molecule has 0 unspecified atom stereocenters. The number of carbonyl (C=O) groups excluding carboxylic acids is 1. The van der Waals surface area contributed by atoms with E-state index in [1.165, 1.54) is 11.8 Å². The fourth-order valence-electron chi connectivity index (χ4n) is 3.49. The summed E-state index contributed by atoms with van der Waals surface area (Å²) in [6.45, 7) is 4.84. The number of nitrogens with one attached hydrogen (secondary N) is 1. The minimum Gasteiger partial charge on any atom is -0.494 e. The van der Waals surface area contributed by atoms with E-state index in [9.17, 15) is 4.79 Å². The van der Waals surface area contributed by atoms with E-state index in [-0.39, 0.29) is 5.91 Å². The first-order chi connectivity index (χ1) is 15.6. The van der Waals surface area contributed by atoms with Crippen LogP contribution in [-0.2, 0) is 4.79 Å². The maximum Gasteiger partial charge on any atom is 0.264 e. The summed E-state index contributed by atoms with van der Waals surface area (Å²) in [4.78, 5) is 17.9. The third kappa shape index (κ3) is 4.81. The summed E-state index contributed by atoms with van der Waals surface area (Å²) >= 11 is 1.33. The van der Waals surface area contributed by atoms with Gasteiger partial charge in [0, 0.05) is 5.39 Å². The molecule has 3 aromatic carbocycles. The van der Waals surface area contributed by atoms with Crippen molar-refractivity contribution >= 4 is 45.4 Å². The molecule has 164 valence electrons. The molecule has 0 radical (unpaired) electrons. The number of unbranched alkanes of at least 4 members (excludes halogenated alkanes) is 1. The molecule has 1 aliphatic heterocycles. The molecule has 0 spiro atoms. The molecule has 0 atom stereocenters. The molecule has 1 N–H and O–H groups in total. The van der Waals surface area contributed by atoms with Crippen molar-refractivity contribution in [2.75, 3.05) is 13.7 Å². The summed E-state index contributed by atoms with van der Waals surface area (Å²) in [6.07, 6.45) is 4.02. The lowest BCUT2D eigenvalue weighted by Gasteiger charge is -2.11. The number of amides is 1. The number of aliphatic imine (C=N–C) groups is 1. The van der Waals surface area contributed by atoms with E-state index in [0.29, 0.717) is 28.1 Å². The zero-order valence-electron chi connectivity index (χ0n) is 18.5. The minimum absolute atomic E-state index is 0.160. The fraction of sp³-hybridized carbons (Fsp3) is 0.231. The van der Waals surface area contributed by atoms with Crippen LogP contribution in [0.5, 0.6) is 11.5 Å². The van der Waals surface area contributed by atoms with Crippen LogP contribution in [0.25, 0.3) is 16.8 Å². The van der Waals surface area contributed by atoms with E-state index in [0.717, 1.165) is 40.5 Å². The minimum atomic E-state index is -0.160. The van der Waals surface area contributed by atoms with E-state index in [1.54, 1.807) is 7.11 Å². The highest BCUT2D eigenvalue weighted by Crippen LogP contribution is 2.35. The first kappa shape index (κ1) is 22.0. The van der Waals surface area contributed by atoms with Crippen LogP contribution in [0.4, 0.5) is 5.69 Å². The van der Waals surface area contributed by atoms with Crippen LogP contribution in [0.15, 0.2) is 64.5 Å². The van der Waals surface area contributed by atoms with Gasteiger partial charge in [0.25, 0.3) is 5.91 Å². The van der Waals surface area contributed by atoms with Crippen LogP contribution < -0.4 is 14.8 Å². The monoisotopic (exact) mass is 446 g/mol. The zero-order chi connectivity index (χ0) is 22.5. The summed E-state index contributed by atoms with van der Waals surface area (Å²) in [5, 5.41) is 5.49. The summed E-state index contributed by atoms with van der Waals surface area (Å²) in [7, 11) is 1.61. The van der Waals surface area contributed by atoms with Gasteiger partial charge >= 0.3 is 0 Å². The number of rotatable bonds is 7. The molecule has 1 fully saturated rings. The quantitative estimate of drug-likeness (QED) is 0.345. The van der Waals surface area contributed by atoms with Gasteiger partial charge < -0.3 is 14.8 Å². The zero-order valence-corrected chi connectivity index (χ0v) is 19.3. The third-order valence-electron chi connectivity index (χ3n) is 5.17. The van der Waals surface area contributed by atoms with Gasteiger partial charge in [-0.3, -0.25) is 4.79 Å². The van der Waals surface area contributed by atoms with Gasteiger partial charge in [0.2, 0.25) is 0 Å². The number of aryl methyl sites for hydroxylation is 1. The van der Waals surface area contributed by atoms with E-state index in [1.807, 2.05) is 55.5 Å². The lowest BCUT2D eigenvalue weighted by Crippen LogP contribution is -2.19. The van der Waals surface area contributed by atoms with Gasteiger partial charge in [-0.1, -0.05) is 49.7 Å². The van der Waals surface area contributed by atoms with Gasteiger partial charge in [-0.2, -0.15) is 0 Å². The summed E-state index contributed by atoms with van der Waals surface area (Å²) in [6, 6.07) is 17.9. The normalized spacial score (nSPS) is 16.0.